The molecule has 3 rings (SSSR count). The van der Waals surface area contributed by atoms with Crippen molar-refractivity contribution in [3.8, 4) is 0 Å². The minimum atomic E-state index is -4.33. The monoisotopic (exact) mass is 410 g/mol. The van der Waals surface area contributed by atoms with Crippen LogP contribution in [0.2, 0.25) is 0 Å². The van der Waals surface area contributed by atoms with E-state index in [0.29, 0.717) is 12.8 Å². The average Bonchev–Trinajstić information content (AvgIpc) is 2.67. The lowest BCUT2D eigenvalue weighted by Gasteiger charge is -2.23. The number of nitrogens with one attached hydrogen (secondary N) is 1. The van der Waals surface area contributed by atoms with Crippen LogP contribution in [0.5, 0.6) is 0 Å². The van der Waals surface area contributed by atoms with Gasteiger partial charge in [-0.25, -0.2) is 4.83 Å². The predicted octanol–water partition coefficient (Wildman–Crippen LogP) is 5.01. The van der Waals surface area contributed by atoms with Crippen molar-refractivity contribution in [2.45, 2.75) is 49.6 Å². The molecule has 0 aromatic heterocycles. The number of hydrogen-bond acceptors (Lipinski definition) is 3. The fourth-order valence-corrected chi connectivity index (χ4v) is 4.08. The molecule has 1 saturated carbocycles. The van der Waals surface area contributed by atoms with Crippen LogP contribution in [0.4, 0.5) is 13.2 Å². The first-order valence-electron chi connectivity index (χ1n) is 8.96. The number of halogens is 3. The molecule has 0 unspecified atom stereocenters. The van der Waals surface area contributed by atoms with E-state index < -0.39 is 21.8 Å². The largest absolute Gasteiger partial charge is 0.416 e. The van der Waals surface area contributed by atoms with Gasteiger partial charge in [-0.1, -0.05) is 29.8 Å². The van der Waals surface area contributed by atoms with Crippen molar-refractivity contribution in [3.05, 3.63) is 65.2 Å². The highest BCUT2D eigenvalue weighted by atomic mass is 32.2. The normalized spacial score (nSPS) is 18.0. The number of hydrazone groups is 1. The number of nitrogens with zero attached hydrogens (tertiary/aromatic N) is 1. The summed E-state index contributed by atoms with van der Waals surface area (Å²) in [7, 11) is -3.70. The van der Waals surface area contributed by atoms with Crippen LogP contribution < -0.4 is 4.83 Å². The third-order valence-electron chi connectivity index (χ3n) is 4.93. The molecule has 2 aromatic carbocycles. The van der Waals surface area contributed by atoms with Crippen molar-refractivity contribution in [1.82, 2.24) is 4.83 Å². The van der Waals surface area contributed by atoms with Crippen LogP contribution in [0, 0.1) is 6.92 Å². The van der Waals surface area contributed by atoms with E-state index in [2.05, 4.69) is 9.93 Å². The molecule has 0 radical (unpaired) electrons. The second-order valence-electron chi connectivity index (χ2n) is 6.98. The second kappa shape index (κ2) is 7.95. The Morgan fingerprint density at radius 2 is 1.54 bits per heavy atom. The summed E-state index contributed by atoms with van der Waals surface area (Å²) in [5, 5.41) is 4.06. The molecule has 28 heavy (non-hydrogen) atoms. The number of alkyl halides is 3. The van der Waals surface area contributed by atoms with Gasteiger partial charge in [0, 0.05) is 5.71 Å². The van der Waals surface area contributed by atoms with Crippen LogP contribution in [0.1, 0.15) is 48.3 Å². The van der Waals surface area contributed by atoms with E-state index in [4.69, 9.17) is 0 Å². The number of hydrogen-bond donors (Lipinski definition) is 1. The van der Waals surface area contributed by atoms with Gasteiger partial charge in [0.2, 0.25) is 0 Å². The molecule has 0 heterocycles. The molecule has 0 saturated heterocycles. The van der Waals surface area contributed by atoms with Gasteiger partial charge < -0.3 is 0 Å². The van der Waals surface area contributed by atoms with E-state index in [9.17, 15) is 21.6 Å². The van der Waals surface area contributed by atoms with Gasteiger partial charge in [-0.05, 0) is 68.4 Å². The van der Waals surface area contributed by atoms with Crippen molar-refractivity contribution in [2.75, 3.05) is 0 Å². The van der Waals surface area contributed by atoms with Crippen LogP contribution in [-0.4, -0.2) is 14.1 Å². The van der Waals surface area contributed by atoms with E-state index >= 15 is 0 Å². The summed E-state index contributed by atoms with van der Waals surface area (Å²) >= 11 is 0. The van der Waals surface area contributed by atoms with Gasteiger partial charge in [0.15, 0.2) is 0 Å². The van der Waals surface area contributed by atoms with E-state index in [1.807, 2.05) is 6.92 Å². The fraction of sp³-hybridized carbons (Fsp3) is 0.350. The van der Waals surface area contributed by atoms with Crippen molar-refractivity contribution < 1.29 is 21.6 Å². The maximum absolute atomic E-state index is 12.7. The maximum atomic E-state index is 12.7. The molecular formula is C20H21F3N2O2S. The van der Waals surface area contributed by atoms with E-state index in [1.165, 1.54) is 24.3 Å². The van der Waals surface area contributed by atoms with Gasteiger partial charge in [-0.15, -0.1) is 0 Å². The first kappa shape index (κ1) is 20.4. The van der Waals surface area contributed by atoms with E-state index in [0.717, 1.165) is 41.8 Å². The van der Waals surface area contributed by atoms with Gasteiger partial charge in [0.25, 0.3) is 10.0 Å². The van der Waals surface area contributed by atoms with Gasteiger partial charge in [0.05, 0.1) is 10.5 Å². The van der Waals surface area contributed by atoms with Gasteiger partial charge >= 0.3 is 6.18 Å². The Morgan fingerprint density at radius 3 is 2.07 bits per heavy atom. The predicted molar refractivity (Wildman–Crippen MR) is 102 cm³/mol. The van der Waals surface area contributed by atoms with Crippen molar-refractivity contribution in [1.29, 1.82) is 0 Å². The lowest BCUT2D eigenvalue weighted by molar-refractivity contribution is -0.137. The molecule has 1 N–H and O–H groups in total. The topological polar surface area (TPSA) is 58.5 Å². The molecule has 1 aliphatic carbocycles. The first-order chi connectivity index (χ1) is 13.1. The number of benzene rings is 2. The minimum Gasteiger partial charge on any atom is -0.200 e. The molecule has 8 heteroatoms. The number of aryl methyl sites for hydroxylation is 1. The van der Waals surface area contributed by atoms with Gasteiger partial charge in [0.1, 0.15) is 0 Å². The lowest BCUT2D eigenvalue weighted by Crippen LogP contribution is -2.22. The maximum Gasteiger partial charge on any atom is 0.416 e. The summed E-state index contributed by atoms with van der Waals surface area (Å²) in [6, 6.07) is 11.8. The molecule has 4 nitrogen and oxygen atoms in total. The zero-order valence-electron chi connectivity index (χ0n) is 15.3. The van der Waals surface area contributed by atoms with E-state index in [-0.39, 0.29) is 10.8 Å². The Balaban J connectivity index is 1.59. The highest BCUT2D eigenvalue weighted by Gasteiger charge is 2.30. The molecule has 1 fully saturated rings. The van der Waals surface area contributed by atoms with Gasteiger partial charge in [-0.2, -0.15) is 26.7 Å². The molecule has 0 bridgehead atoms. The minimum absolute atomic E-state index is 0.148. The first-order valence-corrected chi connectivity index (χ1v) is 10.4. The highest BCUT2D eigenvalue weighted by Crippen LogP contribution is 2.34. The second-order valence-corrected chi connectivity index (χ2v) is 8.64. The zero-order chi connectivity index (χ0) is 20.4. The summed E-state index contributed by atoms with van der Waals surface area (Å²) in [6.07, 6.45) is -1.70. The quantitative estimate of drug-likeness (QED) is 0.721. The number of rotatable bonds is 4. The Labute approximate surface area is 162 Å². The molecule has 0 aliphatic heterocycles. The average molecular weight is 410 g/mol. The fourth-order valence-electron chi connectivity index (χ4n) is 3.24. The zero-order valence-corrected chi connectivity index (χ0v) is 16.1. The Morgan fingerprint density at radius 1 is 0.964 bits per heavy atom. The summed E-state index contributed by atoms with van der Waals surface area (Å²) in [4.78, 5) is 2.43. The summed E-state index contributed by atoms with van der Waals surface area (Å²) in [5.41, 5.74) is 1.93. The number of sulfonamides is 1. The lowest BCUT2D eigenvalue weighted by atomic mass is 9.83. The SMILES string of the molecule is Cc1ccc(S(=O)(=O)NN=C2CCC(c3ccc(C(F)(F)F)cc3)CC2)cc1. The van der Waals surface area contributed by atoms with Crippen molar-refractivity contribution >= 4 is 15.7 Å². The van der Waals surface area contributed by atoms with Crippen LogP contribution >= 0.6 is 0 Å². The van der Waals surface area contributed by atoms with Crippen LogP contribution in [0.25, 0.3) is 0 Å². The molecule has 150 valence electrons. The molecule has 0 atom stereocenters. The highest BCUT2D eigenvalue weighted by molar-refractivity contribution is 7.89. The summed E-state index contributed by atoms with van der Waals surface area (Å²) in [6.45, 7) is 1.87. The van der Waals surface area contributed by atoms with E-state index in [1.54, 1.807) is 12.1 Å². The third kappa shape index (κ3) is 4.92. The smallest absolute Gasteiger partial charge is 0.200 e. The van der Waals surface area contributed by atoms with Crippen molar-refractivity contribution in [2.24, 2.45) is 5.10 Å². The molecular weight excluding hydrogens is 389 g/mol. The Kier molecular flexibility index (Phi) is 5.79. The van der Waals surface area contributed by atoms with Crippen LogP contribution in [0.15, 0.2) is 58.5 Å². The molecule has 1 aliphatic rings. The molecule has 0 amide bonds. The Bertz CT molecular complexity index is 940. The summed E-state index contributed by atoms with van der Waals surface area (Å²) in [5.74, 6) is 0.148. The molecule has 2 aromatic rings. The Hall–Kier alpha value is -2.35. The van der Waals surface area contributed by atoms with Crippen molar-refractivity contribution in [3.63, 3.8) is 0 Å². The third-order valence-corrected chi connectivity index (χ3v) is 6.15. The van der Waals surface area contributed by atoms with Crippen LogP contribution in [-0.2, 0) is 16.2 Å². The van der Waals surface area contributed by atoms with Gasteiger partial charge in [-0.3, -0.25) is 0 Å². The molecule has 0 spiro atoms. The van der Waals surface area contributed by atoms with Crippen LogP contribution in [0.3, 0.4) is 0 Å². The standard InChI is InChI=1S/C20H21F3N2O2S/c1-14-2-12-19(13-3-14)28(26,27)25-24-18-10-6-16(7-11-18)15-4-8-17(9-5-15)20(21,22)23/h2-5,8-9,12-13,16,25H,6-7,10-11H2,1H3. The summed E-state index contributed by atoms with van der Waals surface area (Å²) < 4.78 is 62.5.